The molecule has 0 fully saturated rings. The molecule has 0 aromatic carbocycles. The van der Waals surface area contributed by atoms with Gasteiger partial charge in [0.15, 0.2) is 0 Å². The van der Waals surface area contributed by atoms with Crippen LogP contribution in [0.3, 0.4) is 0 Å². The van der Waals surface area contributed by atoms with Crippen LogP contribution >= 0.6 is 0 Å². The minimum absolute atomic E-state index is 0.112. The molecule has 0 saturated carbocycles. The number of ether oxygens (including phenoxy) is 1. The Morgan fingerprint density at radius 2 is 2.00 bits per heavy atom. The molecule has 16 heavy (non-hydrogen) atoms. The Morgan fingerprint density at radius 1 is 1.44 bits per heavy atom. The number of H-pyrrole nitrogens is 1. The second-order valence-electron chi connectivity index (χ2n) is 4.88. The summed E-state index contributed by atoms with van der Waals surface area (Å²) in [6.07, 6.45) is 0. The van der Waals surface area contributed by atoms with Crippen LogP contribution in [0.1, 0.15) is 49.4 Å². The molecular formula is C12H20N2O2. The van der Waals surface area contributed by atoms with E-state index in [0.29, 0.717) is 17.9 Å². The van der Waals surface area contributed by atoms with Gasteiger partial charge in [-0.3, -0.25) is 0 Å². The lowest BCUT2D eigenvalue weighted by atomic mass is 9.91. The van der Waals surface area contributed by atoms with E-state index in [1.165, 1.54) is 0 Å². The van der Waals surface area contributed by atoms with Crippen molar-refractivity contribution in [2.75, 3.05) is 12.3 Å². The molecule has 0 bridgehead atoms. The number of carbonyl (C=O) groups excluding carboxylic acids is 1. The fourth-order valence-electron chi connectivity index (χ4n) is 1.70. The van der Waals surface area contributed by atoms with Crippen LogP contribution in [0.15, 0.2) is 0 Å². The Morgan fingerprint density at radius 3 is 2.38 bits per heavy atom. The number of aromatic amines is 1. The van der Waals surface area contributed by atoms with Gasteiger partial charge in [-0.05, 0) is 13.8 Å². The van der Waals surface area contributed by atoms with Crippen molar-refractivity contribution >= 4 is 11.7 Å². The van der Waals surface area contributed by atoms with E-state index in [1.54, 1.807) is 6.92 Å². The highest BCUT2D eigenvalue weighted by Crippen LogP contribution is 2.31. The van der Waals surface area contributed by atoms with E-state index in [1.807, 2.05) is 27.7 Å². The van der Waals surface area contributed by atoms with E-state index in [2.05, 4.69) is 4.98 Å². The monoisotopic (exact) mass is 224 g/mol. The number of nitrogens with one attached hydrogen (secondary N) is 1. The van der Waals surface area contributed by atoms with Crippen LogP contribution in [0.2, 0.25) is 0 Å². The van der Waals surface area contributed by atoms with Gasteiger partial charge in [-0.15, -0.1) is 0 Å². The first kappa shape index (κ1) is 12.6. The first-order valence-corrected chi connectivity index (χ1v) is 5.44. The zero-order chi connectivity index (χ0) is 12.5. The minimum Gasteiger partial charge on any atom is -0.462 e. The third-order valence-electron chi connectivity index (χ3n) is 2.46. The lowest BCUT2D eigenvalue weighted by Gasteiger charge is -2.17. The molecule has 0 spiro atoms. The molecule has 1 aromatic heterocycles. The summed E-state index contributed by atoms with van der Waals surface area (Å²) in [7, 11) is 0. The minimum atomic E-state index is -0.357. The molecule has 0 aliphatic rings. The van der Waals surface area contributed by atoms with E-state index in [0.717, 1.165) is 11.4 Å². The van der Waals surface area contributed by atoms with E-state index in [9.17, 15) is 4.79 Å². The quantitative estimate of drug-likeness (QED) is 0.758. The fourth-order valence-corrected chi connectivity index (χ4v) is 1.70. The van der Waals surface area contributed by atoms with Crippen molar-refractivity contribution in [3.05, 3.63) is 17.0 Å². The number of nitrogens with two attached hydrogens (primary N) is 1. The molecule has 3 N–H and O–H groups in total. The molecule has 4 heteroatoms. The molecular weight excluding hydrogens is 204 g/mol. The molecule has 90 valence electrons. The van der Waals surface area contributed by atoms with Crippen LogP contribution in [-0.4, -0.2) is 17.6 Å². The zero-order valence-corrected chi connectivity index (χ0v) is 10.6. The molecule has 0 saturated heterocycles. The van der Waals surface area contributed by atoms with Gasteiger partial charge < -0.3 is 15.5 Å². The fraction of sp³-hybridized carbons (Fsp3) is 0.583. The van der Waals surface area contributed by atoms with Gasteiger partial charge in [-0.2, -0.15) is 0 Å². The van der Waals surface area contributed by atoms with Crippen molar-refractivity contribution in [1.29, 1.82) is 0 Å². The van der Waals surface area contributed by atoms with Crippen molar-refractivity contribution in [3.63, 3.8) is 0 Å². The smallest absolute Gasteiger partial charge is 0.342 e. The number of aromatic nitrogens is 1. The molecule has 0 aliphatic heterocycles. The number of carbonyl (C=O) groups is 1. The molecule has 0 atom stereocenters. The standard InChI is InChI=1S/C12H20N2O2/c1-6-16-11(15)8-7(2)14-10(9(8)13)12(3,4)5/h14H,6,13H2,1-5H3. The lowest BCUT2D eigenvalue weighted by molar-refractivity contribution is 0.0527. The first-order chi connectivity index (χ1) is 7.29. The second-order valence-corrected chi connectivity index (χ2v) is 4.88. The number of anilines is 1. The molecule has 4 nitrogen and oxygen atoms in total. The van der Waals surface area contributed by atoms with Gasteiger partial charge in [0.1, 0.15) is 5.56 Å². The molecule has 1 rings (SSSR count). The SMILES string of the molecule is CCOC(=O)c1c(C)[nH]c(C(C)(C)C)c1N. The maximum Gasteiger partial charge on any atom is 0.342 e. The Kier molecular flexibility index (Phi) is 3.31. The normalized spacial score (nSPS) is 11.6. The Labute approximate surface area is 96.2 Å². The summed E-state index contributed by atoms with van der Waals surface area (Å²) in [6, 6.07) is 0. The summed E-state index contributed by atoms with van der Waals surface area (Å²) in [6.45, 7) is 10.1. The predicted molar refractivity (Wildman–Crippen MR) is 64.6 cm³/mol. The van der Waals surface area contributed by atoms with Gasteiger partial charge >= 0.3 is 5.97 Å². The molecule has 1 heterocycles. The topological polar surface area (TPSA) is 68.1 Å². The van der Waals surface area contributed by atoms with Gasteiger partial charge in [0.25, 0.3) is 0 Å². The molecule has 1 aromatic rings. The third kappa shape index (κ3) is 2.21. The van der Waals surface area contributed by atoms with Gasteiger partial charge in [0.05, 0.1) is 12.3 Å². The van der Waals surface area contributed by atoms with Crippen LogP contribution < -0.4 is 5.73 Å². The van der Waals surface area contributed by atoms with Gasteiger partial charge in [0.2, 0.25) is 0 Å². The van der Waals surface area contributed by atoms with Crippen molar-refractivity contribution in [3.8, 4) is 0 Å². The predicted octanol–water partition coefficient (Wildman–Crippen LogP) is 2.38. The van der Waals surface area contributed by atoms with Crippen LogP contribution in [0.25, 0.3) is 0 Å². The highest BCUT2D eigenvalue weighted by molar-refractivity contribution is 5.97. The van der Waals surface area contributed by atoms with Crippen molar-refractivity contribution in [2.24, 2.45) is 0 Å². The number of hydrogen-bond donors (Lipinski definition) is 2. The largest absolute Gasteiger partial charge is 0.462 e. The summed E-state index contributed by atoms with van der Waals surface area (Å²) in [5, 5.41) is 0. The van der Waals surface area contributed by atoms with Gasteiger partial charge in [-0.25, -0.2) is 4.79 Å². The van der Waals surface area contributed by atoms with Gasteiger partial charge in [-0.1, -0.05) is 20.8 Å². The zero-order valence-electron chi connectivity index (χ0n) is 10.6. The van der Waals surface area contributed by atoms with Crippen molar-refractivity contribution < 1.29 is 9.53 Å². The van der Waals surface area contributed by atoms with Crippen LogP contribution in [0.5, 0.6) is 0 Å². The summed E-state index contributed by atoms with van der Waals surface area (Å²) in [4.78, 5) is 14.9. The number of nitrogen functional groups attached to an aromatic ring is 1. The maximum absolute atomic E-state index is 11.7. The van der Waals surface area contributed by atoms with E-state index >= 15 is 0 Å². The summed E-state index contributed by atoms with van der Waals surface area (Å²) < 4.78 is 4.98. The molecule has 0 unspecified atom stereocenters. The maximum atomic E-state index is 11.7. The van der Waals surface area contributed by atoms with Gasteiger partial charge in [0, 0.05) is 16.8 Å². The van der Waals surface area contributed by atoms with Crippen LogP contribution in [-0.2, 0) is 10.2 Å². The summed E-state index contributed by atoms with van der Waals surface area (Å²) >= 11 is 0. The molecule has 0 radical (unpaired) electrons. The molecule has 0 amide bonds. The number of esters is 1. The lowest BCUT2D eigenvalue weighted by Crippen LogP contribution is -2.15. The highest BCUT2D eigenvalue weighted by Gasteiger charge is 2.26. The first-order valence-electron chi connectivity index (χ1n) is 5.44. The number of aryl methyl sites for hydroxylation is 1. The third-order valence-corrected chi connectivity index (χ3v) is 2.46. The Hall–Kier alpha value is -1.45. The van der Waals surface area contributed by atoms with E-state index in [4.69, 9.17) is 10.5 Å². The average molecular weight is 224 g/mol. The second kappa shape index (κ2) is 4.20. The number of rotatable bonds is 2. The average Bonchev–Trinajstić information content (AvgIpc) is 2.41. The van der Waals surface area contributed by atoms with Crippen molar-refractivity contribution in [1.82, 2.24) is 4.98 Å². The summed E-state index contributed by atoms with van der Waals surface area (Å²) in [5.74, 6) is -0.357. The van der Waals surface area contributed by atoms with Crippen LogP contribution in [0, 0.1) is 6.92 Å². The summed E-state index contributed by atoms with van der Waals surface area (Å²) in [5.41, 5.74) is 8.49. The van der Waals surface area contributed by atoms with Crippen molar-refractivity contribution in [2.45, 2.75) is 40.0 Å². The van der Waals surface area contributed by atoms with E-state index < -0.39 is 0 Å². The molecule has 0 aliphatic carbocycles. The Bertz CT molecular complexity index is 400. The van der Waals surface area contributed by atoms with Crippen LogP contribution in [0.4, 0.5) is 5.69 Å². The highest BCUT2D eigenvalue weighted by atomic mass is 16.5. The van der Waals surface area contributed by atoms with E-state index in [-0.39, 0.29) is 11.4 Å². The number of hydrogen-bond acceptors (Lipinski definition) is 3. The Balaban J connectivity index is 3.23.